The van der Waals surface area contributed by atoms with E-state index in [1.54, 1.807) is 0 Å². The van der Waals surface area contributed by atoms with Crippen LogP contribution in [0.5, 0.6) is 0 Å². The zero-order valence-corrected chi connectivity index (χ0v) is 14.3. The van der Waals surface area contributed by atoms with E-state index < -0.39 is 33.4 Å². The Morgan fingerprint density at radius 1 is 0.789 bits per heavy atom. The molecule has 0 spiro atoms. The molecule has 0 aromatic heterocycles. The molecule has 0 aliphatic rings. The second-order valence-corrected chi connectivity index (χ2v) is 7.94. The Balaban J connectivity index is 4.91. The van der Waals surface area contributed by atoms with Gasteiger partial charge in [0.1, 0.15) is 0 Å². The maximum absolute atomic E-state index is 12.2. The van der Waals surface area contributed by atoms with Crippen LogP contribution >= 0.6 is 37.9 Å². The second-order valence-electron chi connectivity index (χ2n) is 3.35. The summed E-state index contributed by atoms with van der Waals surface area (Å²) in [6.07, 6.45) is -0.456. The van der Waals surface area contributed by atoms with Crippen molar-refractivity contribution >= 4 is 53.9 Å². The molecule has 19 heavy (non-hydrogen) atoms. The Labute approximate surface area is 131 Å². The molecule has 0 heterocycles. The van der Waals surface area contributed by atoms with Crippen LogP contribution in [0.4, 0.5) is 0 Å². The van der Waals surface area contributed by atoms with Gasteiger partial charge < -0.3 is 0 Å². The Hall–Kier alpha value is 0.174. The SMILES string of the molecule is O=C(CCS)[O][Ti](=[O])([O]C(=O)CCS)[C](=O)CCS. The van der Waals surface area contributed by atoms with Crippen molar-refractivity contribution in [3.63, 3.8) is 0 Å². The van der Waals surface area contributed by atoms with E-state index in [-0.39, 0.29) is 36.5 Å². The fourth-order valence-electron chi connectivity index (χ4n) is 0.974. The van der Waals surface area contributed by atoms with Crippen molar-refractivity contribution in [2.75, 3.05) is 17.3 Å². The molecule has 0 radical (unpaired) electrons. The maximum atomic E-state index is 12.2. The molecule has 0 rings (SSSR count). The van der Waals surface area contributed by atoms with E-state index in [1.165, 1.54) is 0 Å². The average Bonchev–Trinajstić information content (AvgIpc) is 2.29. The van der Waals surface area contributed by atoms with Gasteiger partial charge in [-0.2, -0.15) is 0 Å². The zero-order chi connectivity index (χ0) is 14.9. The molecule has 109 valence electrons. The summed E-state index contributed by atoms with van der Waals surface area (Å²) in [5.74, 6) is -1.31. The van der Waals surface area contributed by atoms with Crippen LogP contribution in [0, 0.1) is 0 Å². The second kappa shape index (κ2) is 9.98. The molecule has 0 fully saturated rings. The van der Waals surface area contributed by atoms with Gasteiger partial charge in [0.2, 0.25) is 0 Å². The molecule has 0 unspecified atom stereocenters. The number of rotatable bonds is 9. The minimum absolute atomic E-state index is 0.113. The van der Waals surface area contributed by atoms with Crippen LogP contribution < -0.4 is 0 Å². The third-order valence-corrected chi connectivity index (χ3v) is 5.49. The first-order valence-corrected chi connectivity index (χ1v) is 9.98. The van der Waals surface area contributed by atoms with Crippen molar-refractivity contribution < 1.29 is 41.7 Å². The van der Waals surface area contributed by atoms with Crippen molar-refractivity contribution in [1.82, 2.24) is 0 Å². The van der Waals surface area contributed by atoms with Gasteiger partial charge in [-0.15, -0.1) is 0 Å². The zero-order valence-electron chi connectivity index (χ0n) is 10.0. The van der Waals surface area contributed by atoms with E-state index >= 15 is 0 Å². The fourth-order valence-corrected chi connectivity index (χ4v) is 4.22. The number of hydrogen-bond donors (Lipinski definition) is 3. The van der Waals surface area contributed by atoms with E-state index in [0.29, 0.717) is 0 Å². The summed E-state index contributed by atoms with van der Waals surface area (Å²) in [5, 5.41) is 0. The van der Waals surface area contributed by atoms with Gasteiger partial charge in [-0.3, -0.25) is 0 Å². The summed E-state index contributed by atoms with van der Waals surface area (Å²) in [5.41, 5.74) is 0. The number of hydrogen-bond acceptors (Lipinski definition) is 9. The van der Waals surface area contributed by atoms with Crippen LogP contribution in [0.2, 0.25) is 0 Å². The number of thiol groups is 3. The molecule has 0 saturated carbocycles. The average molecular weight is 363 g/mol. The monoisotopic (exact) mass is 363 g/mol. The Morgan fingerprint density at radius 3 is 1.47 bits per heavy atom. The van der Waals surface area contributed by atoms with Crippen molar-refractivity contribution in [2.45, 2.75) is 19.3 Å². The van der Waals surface area contributed by atoms with Gasteiger partial charge in [0.25, 0.3) is 0 Å². The van der Waals surface area contributed by atoms with Crippen molar-refractivity contribution in [3.05, 3.63) is 0 Å². The molecule has 0 aliphatic heterocycles. The standard InChI is InChI=1S/2C3H6O2S.C3H5OS.O.Ti/c2*4-3(5)1-2-6;4-2-1-3-5;;/h2*6H,1-2H2,(H,4,5);5H,1,3H2;;/q;;;;+2/p-2. The van der Waals surface area contributed by atoms with E-state index in [4.69, 9.17) is 0 Å². The minimum atomic E-state index is -5.35. The van der Waals surface area contributed by atoms with Crippen LogP contribution in [0.15, 0.2) is 0 Å². The number of carbonyl (C=O) groups is 3. The van der Waals surface area contributed by atoms with Crippen LogP contribution in [0.25, 0.3) is 0 Å². The van der Waals surface area contributed by atoms with Crippen molar-refractivity contribution in [3.8, 4) is 0 Å². The van der Waals surface area contributed by atoms with Gasteiger partial charge >= 0.3 is 132 Å². The van der Waals surface area contributed by atoms with Crippen molar-refractivity contribution in [1.29, 1.82) is 0 Å². The Kier molecular flexibility index (Phi) is 10.1. The van der Waals surface area contributed by atoms with Crippen LogP contribution in [0.1, 0.15) is 19.3 Å². The first kappa shape index (κ1) is 19.2. The van der Waals surface area contributed by atoms with Crippen LogP contribution in [-0.4, -0.2) is 33.3 Å². The molecule has 0 bridgehead atoms. The van der Waals surface area contributed by atoms with E-state index in [0.717, 1.165) is 0 Å². The quantitative estimate of drug-likeness (QED) is 0.417. The van der Waals surface area contributed by atoms with Gasteiger partial charge in [-0.25, -0.2) is 0 Å². The predicted octanol–water partition coefficient (Wildman–Crippen LogP) is 0.889. The normalized spacial score (nSPS) is 10.9. The summed E-state index contributed by atoms with van der Waals surface area (Å²) in [6.45, 7) is 0. The fraction of sp³-hybridized carbons (Fsp3) is 0.667. The molecule has 0 saturated heterocycles. The molecular weight excluding hydrogens is 348 g/mol. The molecule has 10 heteroatoms. The third kappa shape index (κ3) is 7.50. The first-order valence-electron chi connectivity index (χ1n) is 5.39. The summed E-state index contributed by atoms with van der Waals surface area (Å²) in [7, 11) is 0. The van der Waals surface area contributed by atoms with E-state index in [1.807, 2.05) is 0 Å². The molecule has 0 aromatic rings. The third-order valence-electron chi connectivity index (χ3n) is 1.81. The van der Waals surface area contributed by atoms with Gasteiger partial charge in [-0.1, -0.05) is 0 Å². The summed E-state index contributed by atoms with van der Waals surface area (Å²) >= 11 is 6.09. The molecular formula is C9H15O6S3Ti. The van der Waals surface area contributed by atoms with E-state index in [9.17, 15) is 17.7 Å². The molecule has 0 aromatic carbocycles. The number of carbonyl (C=O) groups excluding carboxylic acids is 3. The first-order chi connectivity index (χ1) is 8.89. The van der Waals surface area contributed by atoms with Crippen LogP contribution in [-0.2, 0) is 41.7 Å². The van der Waals surface area contributed by atoms with Crippen LogP contribution in [0.3, 0.4) is 0 Å². The topological polar surface area (TPSA) is 86.7 Å². The van der Waals surface area contributed by atoms with Gasteiger partial charge in [-0.05, 0) is 0 Å². The van der Waals surface area contributed by atoms with Gasteiger partial charge in [0, 0.05) is 0 Å². The van der Waals surface area contributed by atoms with Gasteiger partial charge in [0.15, 0.2) is 0 Å². The molecule has 6 nitrogen and oxygen atoms in total. The molecule has 0 N–H and O–H groups in total. The molecule has 0 amide bonds. The molecule has 0 aliphatic carbocycles. The van der Waals surface area contributed by atoms with E-state index in [2.05, 4.69) is 44.5 Å². The Morgan fingerprint density at radius 2 is 1.16 bits per heavy atom. The predicted molar refractivity (Wildman–Crippen MR) is 73.3 cm³/mol. The summed E-state index contributed by atoms with van der Waals surface area (Å²) < 4.78 is 20.6. The Bertz CT molecular complexity index is 362. The van der Waals surface area contributed by atoms with Crippen molar-refractivity contribution in [2.24, 2.45) is 0 Å². The molecule has 0 atom stereocenters. The van der Waals surface area contributed by atoms with Gasteiger partial charge in [0.05, 0.1) is 0 Å². The summed E-state index contributed by atoms with van der Waals surface area (Å²) in [6, 6.07) is 0. The summed E-state index contributed by atoms with van der Waals surface area (Å²) in [4.78, 5) is 34.3.